The van der Waals surface area contributed by atoms with E-state index in [9.17, 15) is 0 Å². The topological polar surface area (TPSA) is 12.0 Å². The Kier molecular flexibility index (Phi) is 5.14. The Morgan fingerprint density at radius 2 is 2.08 bits per heavy atom. The fourth-order valence-corrected chi connectivity index (χ4v) is 2.18. The first-order valence-corrected chi connectivity index (χ1v) is 5.74. The standard InChI is InChI=1S/C12H23N/c1-3-12(13-2)11-9-7-5-4-6-8-10-11/h9,12-13H,3-8,10H2,1-2H3. The first-order valence-electron chi connectivity index (χ1n) is 5.74. The van der Waals surface area contributed by atoms with Crippen LogP contribution in [0, 0.1) is 0 Å². The van der Waals surface area contributed by atoms with E-state index in [4.69, 9.17) is 0 Å². The Morgan fingerprint density at radius 3 is 2.77 bits per heavy atom. The molecule has 0 amide bonds. The number of likely N-dealkylation sites (N-methyl/N-ethyl adjacent to an activating group) is 1. The molecule has 1 atom stereocenters. The van der Waals surface area contributed by atoms with Crippen molar-refractivity contribution in [3.63, 3.8) is 0 Å². The molecule has 1 aliphatic carbocycles. The molecule has 76 valence electrons. The summed E-state index contributed by atoms with van der Waals surface area (Å²) in [5, 5.41) is 3.40. The first-order chi connectivity index (χ1) is 6.38. The molecule has 0 fully saturated rings. The molecule has 1 N–H and O–H groups in total. The van der Waals surface area contributed by atoms with E-state index in [1.54, 1.807) is 5.57 Å². The summed E-state index contributed by atoms with van der Waals surface area (Å²) in [5.74, 6) is 0. The van der Waals surface area contributed by atoms with Gasteiger partial charge in [0.1, 0.15) is 0 Å². The van der Waals surface area contributed by atoms with Gasteiger partial charge in [0.15, 0.2) is 0 Å². The van der Waals surface area contributed by atoms with Crippen molar-refractivity contribution < 1.29 is 0 Å². The van der Waals surface area contributed by atoms with Crippen LogP contribution in [-0.4, -0.2) is 13.1 Å². The van der Waals surface area contributed by atoms with Crippen molar-refractivity contribution >= 4 is 0 Å². The van der Waals surface area contributed by atoms with Gasteiger partial charge in [-0.25, -0.2) is 0 Å². The second-order valence-electron chi connectivity index (χ2n) is 3.98. The van der Waals surface area contributed by atoms with Gasteiger partial charge in [-0.05, 0) is 39.2 Å². The largest absolute Gasteiger partial charge is 0.313 e. The molecule has 1 nitrogen and oxygen atoms in total. The van der Waals surface area contributed by atoms with Crippen LogP contribution in [0.4, 0.5) is 0 Å². The molecule has 0 heterocycles. The fraction of sp³-hybridized carbons (Fsp3) is 0.833. The number of nitrogens with one attached hydrogen (secondary N) is 1. The minimum Gasteiger partial charge on any atom is -0.313 e. The zero-order valence-corrected chi connectivity index (χ0v) is 9.10. The maximum absolute atomic E-state index is 3.40. The van der Waals surface area contributed by atoms with Crippen molar-refractivity contribution in [1.82, 2.24) is 5.32 Å². The second kappa shape index (κ2) is 6.20. The Labute approximate surface area is 82.6 Å². The van der Waals surface area contributed by atoms with Gasteiger partial charge in [0, 0.05) is 6.04 Å². The van der Waals surface area contributed by atoms with E-state index in [-0.39, 0.29) is 0 Å². The quantitative estimate of drug-likeness (QED) is 0.659. The second-order valence-corrected chi connectivity index (χ2v) is 3.98. The van der Waals surface area contributed by atoms with Crippen molar-refractivity contribution in [2.24, 2.45) is 0 Å². The van der Waals surface area contributed by atoms with Crippen molar-refractivity contribution in [1.29, 1.82) is 0 Å². The van der Waals surface area contributed by atoms with E-state index >= 15 is 0 Å². The predicted molar refractivity (Wildman–Crippen MR) is 58.9 cm³/mol. The van der Waals surface area contributed by atoms with Crippen LogP contribution in [0.1, 0.15) is 51.9 Å². The Balaban J connectivity index is 2.51. The van der Waals surface area contributed by atoms with Crippen LogP contribution in [0.5, 0.6) is 0 Å². The van der Waals surface area contributed by atoms with E-state index in [1.165, 1.54) is 44.9 Å². The van der Waals surface area contributed by atoms with Crippen LogP contribution in [0.2, 0.25) is 0 Å². The van der Waals surface area contributed by atoms with Gasteiger partial charge in [-0.1, -0.05) is 31.4 Å². The van der Waals surface area contributed by atoms with Crippen LogP contribution in [0.25, 0.3) is 0 Å². The molecule has 1 heteroatoms. The summed E-state index contributed by atoms with van der Waals surface area (Å²) >= 11 is 0. The van der Waals surface area contributed by atoms with Crippen molar-refractivity contribution in [2.45, 2.75) is 57.9 Å². The third-order valence-corrected chi connectivity index (χ3v) is 3.03. The average molecular weight is 181 g/mol. The van der Waals surface area contributed by atoms with E-state index < -0.39 is 0 Å². The highest BCUT2D eigenvalue weighted by molar-refractivity contribution is 5.11. The van der Waals surface area contributed by atoms with Gasteiger partial charge in [0.05, 0.1) is 0 Å². The third-order valence-electron chi connectivity index (χ3n) is 3.03. The molecule has 0 saturated heterocycles. The molecule has 0 spiro atoms. The molecule has 1 rings (SSSR count). The minimum atomic E-state index is 0.637. The summed E-state index contributed by atoms with van der Waals surface area (Å²) in [5.41, 5.74) is 1.66. The molecule has 0 bridgehead atoms. The highest BCUT2D eigenvalue weighted by Gasteiger charge is 2.10. The molecule has 0 aromatic heterocycles. The van der Waals surface area contributed by atoms with Gasteiger partial charge in [0.25, 0.3) is 0 Å². The summed E-state index contributed by atoms with van der Waals surface area (Å²) in [6.45, 7) is 2.26. The lowest BCUT2D eigenvalue weighted by molar-refractivity contribution is 0.550. The number of rotatable bonds is 3. The van der Waals surface area contributed by atoms with Crippen molar-refractivity contribution in [3.05, 3.63) is 11.6 Å². The van der Waals surface area contributed by atoms with Gasteiger partial charge in [-0.3, -0.25) is 0 Å². The van der Waals surface area contributed by atoms with Gasteiger partial charge in [-0.2, -0.15) is 0 Å². The molecular weight excluding hydrogens is 158 g/mol. The summed E-state index contributed by atoms with van der Waals surface area (Å²) < 4.78 is 0. The molecule has 13 heavy (non-hydrogen) atoms. The summed E-state index contributed by atoms with van der Waals surface area (Å²) in [7, 11) is 2.08. The summed E-state index contributed by atoms with van der Waals surface area (Å²) in [4.78, 5) is 0. The van der Waals surface area contributed by atoms with E-state index in [1.807, 2.05) is 0 Å². The summed E-state index contributed by atoms with van der Waals surface area (Å²) in [6.07, 6.45) is 12.0. The molecule has 0 aliphatic heterocycles. The van der Waals surface area contributed by atoms with Crippen LogP contribution in [0.15, 0.2) is 11.6 Å². The smallest absolute Gasteiger partial charge is 0.0273 e. The van der Waals surface area contributed by atoms with Gasteiger partial charge >= 0.3 is 0 Å². The Morgan fingerprint density at radius 1 is 1.31 bits per heavy atom. The van der Waals surface area contributed by atoms with Gasteiger partial charge < -0.3 is 5.32 Å². The highest BCUT2D eigenvalue weighted by Crippen LogP contribution is 2.20. The van der Waals surface area contributed by atoms with Gasteiger partial charge in [-0.15, -0.1) is 0 Å². The number of hydrogen-bond donors (Lipinski definition) is 1. The highest BCUT2D eigenvalue weighted by atomic mass is 14.9. The van der Waals surface area contributed by atoms with Crippen LogP contribution in [-0.2, 0) is 0 Å². The molecule has 0 radical (unpaired) electrons. The monoisotopic (exact) mass is 181 g/mol. The summed E-state index contributed by atoms with van der Waals surface area (Å²) in [6, 6.07) is 0.637. The van der Waals surface area contributed by atoms with Crippen LogP contribution < -0.4 is 5.32 Å². The minimum absolute atomic E-state index is 0.637. The van der Waals surface area contributed by atoms with E-state index in [0.717, 1.165) is 0 Å². The Hall–Kier alpha value is -0.300. The molecule has 0 aromatic rings. The fourth-order valence-electron chi connectivity index (χ4n) is 2.18. The normalized spacial score (nSPS) is 21.5. The lowest BCUT2D eigenvalue weighted by Gasteiger charge is -2.20. The lowest BCUT2D eigenvalue weighted by atomic mass is 9.94. The van der Waals surface area contributed by atoms with Crippen molar-refractivity contribution in [3.8, 4) is 0 Å². The van der Waals surface area contributed by atoms with E-state index in [0.29, 0.717) is 6.04 Å². The third kappa shape index (κ3) is 3.51. The maximum Gasteiger partial charge on any atom is 0.0273 e. The predicted octanol–water partition coefficient (Wildman–Crippen LogP) is 3.27. The van der Waals surface area contributed by atoms with Crippen LogP contribution >= 0.6 is 0 Å². The molecule has 1 unspecified atom stereocenters. The van der Waals surface area contributed by atoms with Crippen molar-refractivity contribution in [2.75, 3.05) is 7.05 Å². The average Bonchev–Trinajstić information content (AvgIpc) is 2.09. The number of allylic oxidation sites excluding steroid dienone is 1. The molecule has 0 saturated carbocycles. The SMILES string of the molecule is CCC(NC)C1=CCCCCCC1. The molecule has 0 aromatic carbocycles. The zero-order valence-electron chi connectivity index (χ0n) is 9.10. The van der Waals surface area contributed by atoms with Crippen LogP contribution in [0.3, 0.4) is 0 Å². The van der Waals surface area contributed by atoms with Gasteiger partial charge in [0.2, 0.25) is 0 Å². The Bertz CT molecular complexity index is 157. The van der Waals surface area contributed by atoms with E-state index in [2.05, 4.69) is 25.4 Å². The zero-order chi connectivity index (χ0) is 9.52. The first kappa shape index (κ1) is 10.8. The molecular formula is C12H23N. The number of hydrogen-bond acceptors (Lipinski definition) is 1. The molecule has 1 aliphatic rings. The maximum atomic E-state index is 3.40. The lowest BCUT2D eigenvalue weighted by Crippen LogP contribution is -2.26.